The van der Waals surface area contributed by atoms with Crippen molar-refractivity contribution in [2.45, 2.75) is 213 Å². The van der Waals surface area contributed by atoms with Crippen molar-refractivity contribution >= 4 is 0 Å². The lowest BCUT2D eigenvalue weighted by atomic mass is 9.94. The van der Waals surface area contributed by atoms with Crippen LogP contribution in [0.3, 0.4) is 0 Å². The Labute approximate surface area is 294 Å². The van der Waals surface area contributed by atoms with Gasteiger partial charge in [-0.2, -0.15) is 0 Å². The molecule has 0 aromatic heterocycles. The average molecular weight is 657 g/mol. The standard InChI is InChI=1S/C44H80O3/c1-5-8-10-12-14-16-18-20-22-24-26-28-30-32-34-36-38-42(40-45-44(4)46-41-43(7-3)47-44)39-37-35-33-31-29-27-25-23-21-19-17-15-13-11-9-6-2/h14,16-17,19-20,22-23,25,42-43H,5-13,15,18,21,24,26-41H2,1-4H3/b16-14-,19-17-,22-20-,25-23-. The molecule has 1 heterocycles. The third kappa shape index (κ3) is 28.4. The molecule has 0 spiro atoms. The Balaban J connectivity index is 2.16. The number of unbranched alkanes of at least 4 members (excludes halogenated alkanes) is 18. The Morgan fingerprint density at radius 1 is 0.553 bits per heavy atom. The van der Waals surface area contributed by atoms with E-state index in [1.165, 1.54) is 154 Å². The molecular formula is C44H80O3. The maximum Gasteiger partial charge on any atom is 0.280 e. The highest BCUT2D eigenvalue weighted by atomic mass is 16.9. The Morgan fingerprint density at radius 2 is 0.957 bits per heavy atom. The van der Waals surface area contributed by atoms with E-state index in [4.69, 9.17) is 14.2 Å². The second-order valence-corrected chi connectivity index (χ2v) is 14.2. The highest BCUT2D eigenvalue weighted by Gasteiger charge is 2.38. The number of allylic oxidation sites excluding steroid dienone is 8. The molecule has 0 saturated carbocycles. The molecule has 0 N–H and O–H groups in total. The van der Waals surface area contributed by atoms with Crippen molar-refractivity contribution in [2.75, 3.05) is 13.2 Å². The second kappa shape index (κ2) is 33.3. The van der Waals surface area contributed by atoms with Crippen molar-refractivity contribution in [2.24, 2.45) is 5.92 Å². The van der Waals surface area contributed by atoms with Crippen molar-refractivity contribution < 1.29 is 14.2 Å². The van der Waals surface area contributed by atoms with Crippen molar-refractivity contribution in [3.05, 3.63) is 48.6 Å². The topological polar surface area (TPSA) is 27.7 Å². The van der Waals surface area contributed by atoms with E-state index in [2.05, 4.69) is 69.4 Å². The molecule has 3 nitrogen and oxygen atoms in total. The maximum absolute atomic E-state index is 6.28. The first-order chi connectivity index (χ1) is 23.1. The Hall–Kier alpha value is -1.16. The molecule has 0 radical (unpaired) electrons. The molecule has 1 aliphatic rings. The molecule has 274 valence electrons. The van der Waals surface area contributed by atoms with Gasteiger partial charge < -0.3 is 14.2 Å². The molecule has 3 unspecified atom stereocenters. The summed E-state index contributed by atoms with van der Waals surface area (Å²) in [4.78, 5) is 0. The molecule has 1 fully saturated rings. The van der Waals surface area contributed by atoms with Gasteiger partial charge in [0.15, 0.2) is 0 Å². The highest BCUT2D eigenvalue weighted by molar-refractivity contribution is 4.93. The molecule has 3 heteroatoms. The molecule has 0 amide bonds. The summed E-state index contributed by atoms with van der Waals surface area (Å²) in [6.07, 6.45) is 53.9. The minimum Gasteiger partial charge on any atom is -0.327 e. The molecule has 3 atom stereocenters. The molecule has 1 saturated heterocycles. The van der Waals surface area contributed by atoms with Crippen molar-refractivity contribution in [1.29, 1.82) is 0 Å². The maximum atomic E-state index is 6.28. The zero-order valence-electron chi connectivity index (χ0n) is 32.0. The lowest BCUT2D eigenvalue weighted by Crippen LogP contribution is -2.32. The first-order valence-corrected chi connectivity index (χ1v) is 20.7. The van der Waals surface area contributed by atoms with Gasteiger partial charge in [-0.1, -0.05) is 159 Å². The molecule has 0 bridgehead atoms. The van der Waals surface area contributed by atoms with E-state index in [-0.39, 0.29) is 6.10 Å². The van der Waals surface area contributed by atoms with Gasteiger partial charge in [-0.3, -0.25) is 0 Å². The SMILES string of the molecule is CCCCC/C=C\C/C=C\CCCCCCCCC(CCCCCCC/C=C\C/C=C\CCCCCC)COC1(C)OCC(CC)O1. The van der Waals surface area contributed by atoms with Crippen molar-refractivity contribution in [3.63, 3.8) is 0 Å². The summed E-state index contributed by atoms with van der Waals surface area (Å²) in [6, 6.07) is 0. The number of rotatable bonds is 34. The van der Waals surface area contributed by atoms with Gasteiger partial charge in [-0.05, 0) is 89.4 Å². The highest BCUT2D eigenvalue weighted by Crippen LogP contribution is 2.29. The lowest BCUT2D eigenvalue weighted by Gasteiger charge is -2.26. The summed E-state index contributed by atoms with van der Waals surface area (Å²) < 4.78 is 18.2. The molecular weight excluding hydrogens is 576 g/mol. The van der Waals surface area contributed by atoms with E-state index in [0.29, 0.717) is 12.5 Å². The van der Waals surface area contributed by atoms with Crippen LogP contribution in [0.5, 0.6) is 0 Å². The first kappa shape index (κ1) is 43.9. The van der Waals surface area contributed by atoms with Gasteiger partial charge in [0, 0.05) is 6.92 Å². The van der Waals surface area contributed by atoms with Gasteiger partial charge in [0.25, 0.3) is 5.97 Å². The van der Waals surface area contributed by atoms with Gasteiger partial charge in [-0.25, -0.2) is 0 Å². The Morgan fingerprint density at radius 3 is 1.40 bits per heavy atom. The Kier molecular flexibility index (Phi) is 31.1. The van der Waals surface area contributed by atoms with Crippen LogP contribution in [-0.2, 0) is 14.2 Å². The fourth-order valence-electron chi connectivity index (χ4n) is 6.31. The summed E-state index contributed by atoms with van der Waals surface area (Å²) in [5, 5.41) is 0. The van der Waals surface area contributed by atoms with E-state index in [1.54, 1.807) is 0 Å². The van der Waals surface area contributed by atoms with Crippen LogP contribution in [-0.4, -0.2) is 25.3 Å². The van der Waals surface area contributed by atoms with E-state index in [0.717, 1.165) is 25.9 Å². The molecule has 47 heavy (non-hydrogen) atoms. The van der Waals surface area contributed by atoms with Crippen LogP contribution in [0, 0.1) is 5.92 Å². The third-order valence-electron chi connectivity index (χ3n) is 9.57. The fourth-order valence-corrected chi connectivity index (χ4v) is 6.31. The molecule has 1 rings (SSSR count). The van der Waals surface area contributed by atoms with Gasteiger partial charge in [0.05, 0.1) is 19.3 Å². The number of ether oxygens (including phenoxy) is 3. The summed E-state index contributed by atoms with van der Waals surface area (Å²) in [5.41, 5.74) is 0. The van der Waals surface area contributed by atoms with Crippen LogP contribution in [0.1, 0.15) is 201 Å². The van der Waals surface area contributed by atoms with E-state index >= 15 is 0 Å². The normalized spacial score (nSPS) is 19.4. The molecule has 0 aromatic rings. The predicted octanol–water partition coefficient (Wildman–Crippen LogP) is 14.5. The summed E-state index contributed by atoms with van der Waals surface area (Å²) in [5.74, 6) is -0.246. The first-order valence-electron chi connectivity index (χ1n) is 20.7. The monoisotopic (exact) mass is 657 g/mol. The van der Waals surface area contributed by atoms with E-state index in [9.17, 15) is 0 Å². The molecule has 1 aliphatic heterocycles. The minimum absolute atomic E-state index is 0.165. The minimum atomic E-state index is -0.851. The van der Waals surface area contributed by atoms with Crippen LogP contribution in [0.25, 0.3) is 0 Å². The third-order valence-corrected chi connectivity index (χ3v) is 9.57. The van der Waals surface area contributed by atoms with Crippen LogP contribution >= 0.6 is 0 Å². The number of hydrogen-bond acceptors (Lipinski definition) is 3. The molecule has 0 aromatic carbocycles. The smallest absolute Gasteiger partial charge is 0.280 e. The van der Waals surface area contributed by atoms with Crippen LogP contribution in [0.2, 0.25) is 0 Å². The van der Waals surface area contributed by atoms with Gasteiger partial charge in [0.1, 0.15) is 0 Å². The van der Waals surface area contributed by atoms with Gasteiger partial charge in [-0.15, -0.1) is 0 Å². The average Bonchev–Trinajstić information content (AvgIpc) is 3.47. The van der Waals surface area contributed by atoms with Crippen LogP contribution in [0.4, 0.5) is 0 Å². The zero-order valence-corrected chi connectivity index (χ0v) is 32.0. The van der Waals surface area contributed by atoms with Crippen molar-refractivity contribution in [1.82, 2.24) is 0 Å². The van der Waals surface area contributed by atoms with Crippen LogP contribution in [0.15, 0.2) is 48.6 Å². The van der Waals surface area contributed by atoms with E-state index < -0.39 is 5.97 Å². The summed E-state index contributed by atoms with van der Waals surface area (Å²) >= 11 is 0. The Bertz CT molecular complexity index is 768. The summed E-state index contributed by atoms with van der Waals surface area (Å²) in [7, 11) is 0. The largest absolute Gasteiger partial charge is 0.327 e. The van der Waals surface area contributed by atoms with Gasteiger partial charge >= 0.3 is 0 Å². The second-order valence-electron chi connectivity index (χ2n) is 14.2. The molecule has 0 aliphatic carbocycles. The lowest BCUT2D eigenvalue weighted by molar-refractivity contribution is -0.329. The van der Waals surface area contributed by atoms with Gasteiger partial charge in [0.2, 0.25) is 0 Å². The fraction of sp³-hybridized carbons (Fsp3) is 0.818. The van der Waals surface area contributed by atoms with Crippen molar-refractivity contribution in [3.8, 4) is 0 Å². The quantitative estimate of drug-likeness (QED) is 0.0509. The zero-order chi connectivity index (χ0) is 33.9. The van der Waals surface area contributed by atoms with E-state index in [1.807, 2.05) is 6.92 Å². The number of hydrogen-bond donors (Lipinski definition) is 0. The van der Waals surface area contributed by atoms with Crippen LogP contribution < -0.4 is 0 Å². The predicted molar refractivity (Wildman–Crippen MR) is 207 cm³/mol. The summed E-state index contributed by atoms with van der Waals surface area (Å²) in [6.45, 7) is 10.1.